The average molecular weight is 489 g/mol. The first kappa shape index (κ1) is 23.1. The van der Waals surface area contributed by atoms with E-state index in [-0.39, 0.29) is 13.0 Å². The van der Waals surface area contributed by atoms with Crippen molar-refractivity contribution < 1.29 is 26.3 Å². The number of fused-ring (bicyclic) bond motifs is 3. The first-order valence-electron chi connectivity index (χ1n) is 9.75. The molecule has 13 heteroatoms. The van der Waals surface area contributed by atoms with Crippen molar-refractivity contribution in [2.75, 3.05) is 11.4 Å². The van der Waals surface area contributed by atoms with Gasteiger partial charge in [-0.1, -0.05) is 11.6 Å². The van der Waals surface area contributed by atoms with Gasteiger partial charge in [0.15, 0.2) is 0 Å². The summed E-state index contributed by atoms with van der Waals surface area (Å²) in [6.45, 7) is 1.65. The zero-order valence-electron chi connectivity index (χ0n) is 16.9. The number of hydrogen-bond donors (Lipinski definition) is 1. The van der Waals surface area contributed by atoms with Crippen molar-refractivity contribution in [2.24, 2.45) is 5.92 Å². The number of aromatic amines is 1. The molecule has 0 spiro atoms. The fourth-order valence-corrected chi connectivity index (χ4v) is 4.13. The lowest BCUT2D eigenvalue weighted by molar-refractivity contribution is -0.155. The second-order valence-corrected chi connectivity index (χ2v) is 8.15. The van der Waals surface area contributed by atoms with Gasteiger partial charge in [-0.25, -0.2) is 4.98 Å². The van der Waals surface area contributed by atoms with Crippen LogP contribution in [-0.4, -0.2) is 26.5 Å². The van der Waals surface area contributed by atoms with E-state index in [2.05, 4.69) is 26.0 Å². The number of hydrogen-bond acceptors (Lipinski definition) is 5. The Labute approximate surface area is 188 Å². The molecule has 0 bridgehead atoms. The molecule has 0 radical (unpaired) electrons. The summed E-state index contributed by atoms with van der Waals surface area (Å²) in [6.07, 6.45) is -9.99. The molecule has 3 aromatic rings. The number of nitriles is 1. The number of anilines is 1. The Morgan fingerprint density at radius 3 is 2.36 bits per heavy atom. The molecule has 174 valence electrons. The van der Waals surface area contributed by atoms with Gasteiger partial charge >= 0.3 is 12.4 Å². The fourth-order valence-electron chi connectivity index (χ4n) is 3.96. The highest BCUT2D eigenvalue weighted by atomic mass is 35.5. The maximum Gasteiger partial charge on any atom is 0.451 e. The van der Waals surface area contributed by atoms with Crippen LogP contribution < -0.4 is 4.90 Å². The third kappa shape index (κ3) is 4.42. The quantitative estimate of drug-likeness (QED) is 0.478. The van der Waals surface area contributed by atoms with Gasteiger partial charge in [0.2, 0.25) is 17.6 Å². The van der Waals surface area contributed by atoms with Crippen molar-refractivity contribution in [3.63, 3.8) is 0 Å². The topological polar surface area (TPSA) is 81.5 Å². The summed E-state index contributed by atoms with van der Waals surface area (Å²) in [7, 11) is 0. The van der Waals surface area contributed by atoms with Crippen LogP contribution in [0.2, 0.25) is 5.02 Å². The molecule has 0 aliphatic carbocycles. The van der Waals surface area contributed by atoms with Gasteiger partial charge in [-0.3, -0.25) is 0 Å². The highest BCUT2D eigenvalue weighted by Crippen LogP contribution is 2.41. The lowest BCUT2D eigenvalue weighted by atomic mass is 9.91. The molecular weight excluding hydrogens is 474 g/mol. The van der Waals surface area contributed by atoms with Crippen LogP contribution in [0.4, 0.5) is 32.3 Å². The number of halogens is 7. The van der Waals surface area contributed by atoms with Crippen molar-refractivity contribution in [3.8, 4) is 6.07 Å². The summed E-state index contributed by atoms with van der Waals surface area (Å²) in [6, 6.07) is 6.42. The molecule has 4 rings (SSSR count). The zero-order chi connectivity index (χ0) is 24.1. The van der Waals surface area contributed by atoms with Crippen LogP contribution >= 0.6 is 11.6 Å². The van der Waals surface area contributed by atoms with Crippen molar-refractivity contribution in [2.45, 2.75) is 38.2 Å². The number of nitrogens with zero attached hydrogens (tertiary/aromatic N) is 5. The minimum atomic E-state index is -5.20. The van der Waals surface area contributed by atoms with E-state index in [1.54, 1.807) is 25.1 Å². The number of alkyl halides is 6. The fraction of sp³-hybridized carbons (Fsp3) is 0.400. The first-order valence-corrected chi connectivity index (χ1v) is 10.1. The summed E-state index contributed by atoms with van der Waals surface area (Å²) in [4.78, 5) is 13.7. The molecule has 1 aliphatic rings. The van der Waals surface area contributed by atoms with Crippen LogP contribution in [0, 0.1) is 17.2 Å². The van der Waals surface area contributed by atoms with Gasteiger partial charge in [0, 0.05) is 34.1 Å². The molecule has 0 amide bonds. The molecule has 6 nitrogen and oxygen atoms in total. The van der Waals surface area contributed by atoms with Crippen molar-refractivity contribution in [1.29, 1.82) is 5.26 Å². The summed E-state index contributed by atoms with van der Waals surface area (Å²) < 4.78 is 79.7. The second kappa shape index (κ2) is 8.06. The first-order chi connectivity index (χ1) is 15.4. The number of aromatic nitrogens is 4. The minimum absolute atomic E-state index is 0.0356. The number of nitrogens with one attached hydrogen (secondary N) is 1. The van der Waals surface area contributed by atoms with Crippen LogP contribution in [0.3, 0.4) is 0 Å². The Morgan fingerprint density at radius 1 is 1.15 bits per heavy atom. The van der Waals surface area contributed by atoms with Gasteiger partial charge in [0.1, 0.15) is 0 Å². The van der Waals surface area contributed by atoms with Gasteiger partial charge in [0.25, 0.3) is 0 Å². The molecule has 1 aromatic carbocycles. The molecule has 2 aromatic heterocycles. The van der Waals surface area contributed by atoms with E-state index in [9.17, 15) is 31.6 Å². The third-order valence-corrected chi connectivity index (χ3v) is 5.63. The minimum Gasteiger partial charge on any atom is -0.356 e. The van der Waals surface area contributed by atoms with E-state index in [0.29, 0.717) is 22.7 Å². The summed E-state index contributed by atoms with van der Waals surface area (Å²) in [5.41, 5.74) is 2.12. The molecule has 0 saturated carbocycles. The van der Waals surface area contributed by atoms with Crippen molar-refractivity contribution in [3.05, 3.63) is 46.1 Å². The van der Waals surface area contributed by atoms with Gasteiger partial charge < -0.3 is 9.88 Å². The third-order valence-electron chi connectivity index (χ3n) is 5.40. The predicted molar refractivity (Wildman–Crippen MR) is 106 cm³/mol. The summed E-state index contributed by atoms with van der Waals surface area (Å²) in [5.74, 6) is -5.16. The Hall–Kier alpha value is -3.07. The molecule has 2 unspecified atom stereocenters. The maximum absolute atomic E-state index is 13.3. The van der Waals surface area contributed by atoms with Crippen LogP contribution in [0.1, 0.15) is 42.3 Å². The van der Waals surface area contributed by atoms with E-state index in [1.165, 1.54) is 4.90 Å². The SMILES string of the molecule is CC(C#N)CC1c2[nH]c3ccc(Cl)cc3c2CCN1c1nc(C(F)(F)F)nc(C(F)(F)F)n1. The highest BCUT2D eigenvalue weighted by Gasteiger charge is 2.43. The Morgan fingerprint density at radius 2 is 1.79 bits per heavy atom. The number of benzene rings is 1. The van der Waals surface area contributed by atoms with Crippen LogP contribution in [0.15, 0.2) is 18.2 Å². The molecule has 0 saturated heterocycles. The van der Waals surface area contributed by atoms with Gasteiger partial charge in [-0.15, -0.1) is 0 Å². The van der Waals surface area contributed by atoms with E-state index in [1.807, 2.05) is 0 Å². The molecule has 1 aliphatic heterocycles. The molecule has 3 heterocycles. The normalized spacial score (nSPS) is 17.7. The average Bonchev–Trinajstić information content (AvgIpc) is 3.10. The van der Waals surface area contributed by atoms with Crippen LogP contribution in [0.5, 0.6) is 0 Å². The van der Waals surface area contributed by atoms with E-state index in [0.717, 1.165) is 10.9 Å². The summed E-state index contributed by atoms with van der Waals surface area (Å²) in [5, 5.41) is 10.6. The maximum atomic E-state index is 13.3. The van der Waals surface area contributed by atoms with Gasteiger partial charge in [-0.05, 0) is 43.5 Å². The van der Waals surface area contributed by atoms with Crippen LogP contribution in [-0.2, 0) is 18.8 Å². The van der Waals surface area contributed by atoms with E-state index in [4.69, 9.17) is 11.6 Å². The molecule has 1 N–H and O–H groups in total. The Bertz CT molecular complexity index is 1210. The largest absolute Gasteiger partial charge is 0.451 e. The summed E-state index contributed by atoms with van der Waals surface area (Å²) >= 11 is 6.10. The second-order valence-electron chi connectivity index (χ2n) is 7.71. The number of H-pyrrole nitrogens is 1. The monoisotopic (exact) mass is 488 g/mol. The highest BCUT2D eigenvalue weighted by molar-refractivity contribution is 6.31. The van der Waals surface area contributed by atoms with Gasteiger partial charge in [0.05, 0.1) is 12.1 Å². The smallest absolute Gasteiger partial charge is 0.356 e. The van der Waals surface area contributed by atoms with Gasteiger partial charge in [-0.2, -0.15) is 41.6 Å². The molecule has 0 fully saturated rings. The predicted octanol–water partition coefficient (Wildman–Crippen LogP) is 5.70. The van der Waals surface area contributed by atoms with E-state index >= 15 is 0 Å². The van der Waals surface area contributed by atoms with Crippen molar-refractivity contribution >= 4 is 28.5 Å². The molecule has 2 atom stereocenters. The van der Waals surface area contributed by atoms with Crippen LogP contribution in [0.25, 0.3) is 10.9 Å². The van der Waals surface area contributed by atoms with E-state index < -0.39 is 41.9 Å². The van der Waals surface area contributed by atoms with Crippen molar-refractivity contribution in [1.82, 2.24) is 19.9 Å². The zero-order valence-corrected chi connectivity index (χ0v) is 17.6. The number of rotatable bonds is 3. The Kier molecular flexibility index (Phi) is 5.64. The lowest BCUT2D eigenvalue weighted by Gasteiger charge is -2.36. The molecular formula is C20H15ClF6N6. The standard InChI is InChI=1S/C20H15ClF6N6/c1-9(8-28)6-14-15-11(12-7-10(21)2-3-13(12)29-15)4-5-33(14)18-31-16(19(22,23)24)30-17(32-18)20(25,26)27/h2-3,7,9,14,29H,4-6H2,1H3. The lowest BCUT2D eigenvalue weighted by Crippen LogP contribution is -2.38. The molecule has 33 heavy (non-hydrogen) atoms. The Balaban J connectivity index is 1.88.